The lowest BCUT2D eigenvalue weighted by Gasteiger charge is -2.19. The summed E-state index contributed by atoms with van der Waals surface area (Å²) in [6.07, 6.45) is 2.19. The van der Waals surface area contributed by atoms with E-state index in [1.54, 1.807) is 12.1 Å². The van der Waals surface area contributed by atoms with Crippen LogP contribution in [0.5, 0.6) is 0 Å². The Bertz CT molecular complexity index is 532. The van der Waals surface area contributed by atoms with E-state index in [1.807, 2.05) is 4.90 Å². The topological polar surface area (TPSA) is 67.6 Å². The van der Waals surface area contributed by atoms with Crippen LogP contribution in [0.15, 0.2) is 18.2 Å². The zero-order valence-corrected chi connectivity index (χ0v) is 11.8. The Labute approximate surface area is 123 Å². The van der Waals surface area contributed by atoms with E-state index in [9.17, 15) is 9.18 Å². The van der Waals surface area contributed by atoms with E-state index >= 15 is 0 Å². The van der Waals surface area contributed by atoms with Crippen LogP contribution in [0.1, 0.15) is 12.8 Å². The fraction of sp³-hybridized carbons (Fsp3) is 0.533. The highest BCUT2D eigenvalue weighted by Gasteiger charge is 2.31. The monoisotopic (exact) mass is 293 g/mol. The number of carbonyl (C=O) groups is 1. The number of nitrogens with two attached hydrogens (primary N) is 1. The molecule has 0 aliphatic carbocycles. The van der Waals surface area contributed by atoms with Crippen molar-refractivity contribution < 1.29 is 13.9 Å². The predicted octanol–water partition coefficient (Wildman–Crippen LogP) is 1.34. The molecule has 21 heavy (non-hydrogen) atoms. The summed E-state index contributed by atoms with van der Waals surface area (Å²) >= 11 is 0. The molecule has 5 nitrogen and oxygen atoms in total. The van der Waals surface area contributed by atoms with Gasteiger partial charge in [-0.3, -0.25) is 4.79 Å². The number of anilines is 2. The molecule has 0 aromatic heterocycles. The van der Waals surface area contributed by atoms with Gasteiger partial charge in [-0.1, -0.05) is 0 Å². The number of amides is 1. The minimum absolute atomic E-state index is 0.215. The van der Waals surface area contributed by atoms with Crippen LogP contribution in [0.25, 0.3) is 0 Å². The normalized spacial score (nSPS) is 25.3. The molecule has 2 heterocycles. The number of rotatable bonds is 3. The van der Waals surface area contributed by atoms with E-state index in [4.69, 9.17) is 10.5 Å². The van der Waals surface area contributed by atoms with Crippen LogP contribution in [0.3, 0.4) is 0 Å². The number of hydrogen-bond donors (Lipinski definition) is 2. The molecule has 1 aromatic rings. The molecule has 6 heteroatoms. The van der Waals surface area contributed by atoms with Crippen molar-refractivity contribution in [2.75, 3.05) is 36.5 Å². The lowest BCUT2D eigenvalue weighted by atomic mass is 10.0. The van der Waals surface area contributed by atoms with E-state index in [1.165, 1.54) is 6.07 Å². The molecule has 0 bridgehead atoms. The molecule has 2 unspecified atom stereocenters. The average Bonchev–Trinajstić information content (AvgIpc) is 3.10. The molecule has 114 valence electrons. The van der Waals surface area contributed by atoms with Crippen LogP contribution >= 0.6 is 0 Å². The number of ether oxygens (including phenoxy) is 1. The molecule has 1 aromatic carbocycles. The highest BCUT2D eigenvalue weighted by molar-refractivity contribution is 5.93. The van der Waals surface area contributed by atoms with E-state index in [0.717, 1.165) is 25.9 Å². The van der Waals surface area contributed by atoms with Crippen molar-refractivity contribution in [1.82, 2.24) is 0 Å². The van der Waals surface area contributed by atoms with Gasteiger partial charge in [0.15, 0.2) is 0 Å². The summed E-state index contributed by atoms with van der Waals surface area (Å²) in [6.45, 7) is 2.48. The second kappa shape index (κ2) is 5.99. The Morgan fingerprint density at radius 3 is 2.71 bits per heavy atom. The highest BCUT2D eigenvalue weighted by atomic mass is 19.1. The van der Waals surface area contributed by atoms with Gasteiger partial charge in [-0.25, -0.2) is 4.39 Å². The molecule has 1 amide bonds. The maximum absolute atomic E-state index is 14.2. The lowest BCUT2D eigenvalue weighted by molar-refractivity contribution is -0.120. The van der Waals surface area contributed by atoms with Gasteiger partial charge in [0.05, 0.1) is 24.8 Å². The smallest absolute Gasteiger partial charge is 0.231 e. The maximum Gasteiger partial charge on any atom is 0.231 e. The van der Waals surface area contributed by atoms with Crippen LogP contribution in [0, 0.1) is 11.7 Å². The van der Waals surface area contributed by atoms with Crippen LogP contribution < -0.4 is 16.0 Å². The van der Waals surface area contributed by atoms with Crippen LogP contribution in [0.2, 0.25) is 0 Å². The first-order chi connectivity index (χ1) is 10.1. The molecule has 2 atom stereocenters. The van der Waals surface area contributed by atoms with Gasteiger partial charge in [0.1, 0.15) is 5.82 Å². The van der Waals surface area contributed by atoms with Crippen molar-refractivity contribution in [2.24, 2.45) is 11.7 Å². The minimum atomic E-state index is -0.369. The molecule has 0 saturated carbocycles. The Morgan fingerprint density at radius 1 is 1.33 bits per heavy atom. The first-order valence-corrected chi connectivity index (χ1v) is 7.34. The summed E-state index contributed by atoms with van der Waals surface area (Å²) < 4.78 is 19.3. The zero-order chi connectivity index (χ0) is 14.8. The fourth-order valence-electron chi connectivity index (χ4n) is 2.88. The minimum Gasteiger partial charge on any atom is -0.379 e. The zero-order valence-electron chi connectivity index (χ0n) is 11.8. The maximum atomic E-state index is 14.2. The standard InChI is InChI=1S/C15H20FN3O2/c16-12-7-10(3-4-14(12)19-5-1-2-6-19)18-15(20)11-8-21-9-13(11)17/h3-4,7,11,13H,1-2,5-6,8-9,17H2,(H,18,20). The van der Waals surface area contributed by atoms with Gasteiger partial charge in [-0.15, -0.1) is 0 Å². The molecule has 0 radical (unpaired) electrons. The largest absolute Gasteiger partial charge is 0.379 e. The number of carbonyl (C=O) groups excluding carboxylic acids is 1. The van der Waals surface area contributed by atoms with E-state index in [2.05, 4.69) is 5.32 Å². The predicted molar refractivity (Wildman–Crippen MR) is 78.8 cm³/mol. The van der Waals surface area contributed by atoms with Crippen LogP contribution in [-0.4, -0.2) is 38.3 Å². The van der Waals surface area contributed by atoms with E-state index in [0.29, 0.717) is 24.6 Å². The summed E-state index contributed by atoms with van der Waals surface area (Å²) in [5.41, 5.74) is 6.86. The van der Waals surface area contributed by atoms with Crippen molar-refractivity contribution in [3.8, 4) is 0 Å². The van der Waals surface area contributed by atoms with Crippen molar-refractivity contribution in [1.29, 1.82) is 0 Å². The Balaban J connectivity index is 1.68. The van der Waals surface area contributed by atoms with Gasteiger partial charge in [0, 0.05) is 24.8 Å². The number of nitrogens with one attached hydrogen (secondary N) is 1. The molecular formula is C15H20FN3O2. The number of hydrogen-bond acceptors (Lipinski definition) is 4. The van der Waals surface area contributed by atoms with Crippen molar-refractivity contribution >= 4 is 17.3 Å². The van der Waals surface area contributed by atoms with Crippen molar-refractivity contribution in [3.63, 3.8) is 0 Å². The molecule has 2 saturated heterocycles. The molecule has 3 N–H and O–H groups in total. The second-order valence-electron chi connectivity index (χ2n) is 5.66. The number of nitrogens with zero attached hydrogens (tertiary/aromatic N) is 1. The SMILES string of the molecule is NC1COCC1C(=O)Nc1ccc(N2CCCC2)c(F)c1. The summed E-state index contributed by atoms with van der Waals surface area (Å²) in [6, 6.07) is 4.53. The van der Waals surface area contributed by atoms with E-state index in [-0.39, 0.29) is 23.7 Å². The summed E-state index contributed by atoms with van der Waals surface area (Å²) in [5.74, 6) is -0.888. The molecule has 2 fully saturated rings. The van der Waals surface area contributed by atoms with E-state index < -0.39 is 0 Å². The molecular weight excluding hydrogens is 273 g/mol. The number of benzene rings is 1. The van der Waals surface area contributed by atoms with Gasteiger partial charge in [-0.05, 0) is 31.0 Å². The van der Waals surface area contributed by atoms with Gasteiger partial charge in [0.25, 0.3) is 0 Å². The van der Waals surface area contributed by atoms with Gasteiger partial charge in [0.2, 0.25) is 5.91 Å². The van der Waals surface area contributed by atoms with Gasteiger partial charge in [-0.2, -0.15) is 0 Å². The lowest BCUT2D eigenvalue weighted by Crippen LogP contribution is -2.37. The summed E-state index contributed by atoms with van der Waals surface area (Å²) in [7, 11) is 0. The number of halogens is 1. The van der Waals surface area contributed by atoms with Crippen LogP contribution in [-0.2, 0) is 9.53 Å². The molecule has 0 spiro atoms. The Kier molecular flexibility index (Phi) is 4.07. The fourth-order valence-corrected chi connectivity index (χ4v) is 2.88. The first-order valence-electron chi connectivity index (χ1n) is 7.34. The highest BCUT2D eigenvalue weighted by Crippen LogP contribution is 2.26. The third-order valence-corrected chi connectivity index (χ3v) is 4.12. The molecule has 2 aliphatic heterocycles. The summed E-state index contributed by atoms with van der Waals surface area (Å²) in [4.78, 5) is 14.1. The van der Waals surface area contributed by atoms with Crippen LogP contribution in [0.4, 0.5) is 15.8 Å². The Hall–Kier alpha value is -1.66. The summed E-state index contributed by atoms with van der Waals surface area (Å²) in [5, 5.41) is 2.72. The van der Waals surface area contributed by atoms with Gasteiger partial charge < -0.3 is 20.7 Å². The Morgan fingerprint density at radius 2 is 2.10 bits per heavy atom. The van der Waals surface area contributed by atoms with Crippen molar-refractivity contribution in [2.45, 2.75) is 18.9 Å². The average molecular weight is 293 g/mol. The molecule has 3 rings (SSSR count). The van der Waals surface area contributed by atoms with Gasteiger partial charge >= 0.3 is 0 Å². The third-order valence-electron chi connectivity index (χ3n) is 4.12. The van der Waals surface area contributed by atoms with Crippen molar-refractivity contribution in [3.05, 3.63) is 24.0 Å². The second-order valence-corrected chi connectivity index (χ2v) is 5.66. The molecule has 2 aliphatic rings. The first kappa shape index (κ1) is 14.3. The quantitative estimate of drug-likeness (QED) is 0.882. The third kappa shape index (κ3) is 3.01.